The molecule has 0 amide bonds. The third kappa shape index (κ3) is 5.13. The molecule has 1 aromatic rings. The molecule has 1 aromatic carbocycles. The van der Waals surface area contributed by atoms with Gasteiger partial charge in [0.2, 0.25) is 0 Å². The number of hydrogen-bond acceptors (Lipinski definition) is 3. The predicted molar refractivity (Wildman–Crippen MR) is 74.2 cm³/mol. The molecule has 0 unspecified atom stereocenters. The van der Waals surface area contributed by atoms with Gasteiger partial charge in [-0.2, -0.15) is 5.26 Å². The summed E-state index contributed by atoms with van der Waals surface area (Å²) < 4.78 is 4.99. The van der Waals surface area contributed by atoms with Crippen molar-refractivity contribution in [3.63, 3.8) is 0 Å². The van der Waals surface area contributed by atoms with Gasteiger partial charge >= 0.3 is 0 Å². The molecule has 1 rings (SSSR count). The Morgan fingerprint density at radius 1 is 1.39 bits per heavy atom. The van der Waals surface area contributed by atoms with Crippen molar-refractivity contribution in [1.29, 1.82) is 5.26 Å². The molecule has 0 aliphatic heterocycles. The monoisotopic (exact) mass is 244 g/mol. The molecule has 0 aromatic heterocycles. The Morgan fingerprint density at radius 3 is 2.67 bits per heavy atom. The molecular weight excluding hydrogens is 224 g/mol. The Kier molecular flexibility index (Phi) is 6.78. The summed E-state index contributed by atoms with van der Waals surface area (Å²) in [6.07, 6.45) is 3.18. The fourth-order valence-corrected chi connectivity index (χ4v) is 1.59. The van der Waals surface area contributed by atoms with Crippen LogP contribution in [0, 0.1) is 11.3 Å². The van der Waals surface area contributed by atoms with Crippen molar-refractivity contribution in [3.05, 3.63) is 41.0 Å². The quantitative estimate of drug-likeness (QED) is 0.750. The molecule has 0 bridgehead atoms. The number of hydrogen-bond donors (Lipinski definition) is 1. The Labute approximate surface area is 109 Å². The van der Waals surface area contributed by atoms with Crippen LogP contribution in [0.4, 0.5) is 0 Å². The van der Waals surface area contributed by atoms with E-state index in [1.54, 1.807) is 7.11 Å². The molecule has 0 saturated carbocycles. The number of nitrogens with zero attached hydrogens (tertiary/aromatic N) is 1. The first-order valence-electron chi connectivity index (χ1n) is 6.19. The zero-order chi connectivity index (χ0) is 13.2. The maximum absolute atomic E-state index is 8.74. The van der Waals surface area contributed by atoms with E-state index in [-0.39, 0.29) is 0 Å². The minimum absolute atomic E-state index is 0.698. The lowest BCUT2D eigenvalue weighted by Gasteiger charge is -2.07. The molecule has 0 spiro atoms. The van der Waals surface area contributed by atoms with Crippen LogP contribution < -0.4 is 5.32 Å². The van der Waals surface area contributed by atoms with E-state index in [4.69, 9.17) is 10.00 Å². The third-order valence-electron chi connectivity index (χ3n) is 2.70. The average Bonchev–Trinajstić information content (AvgIpc) is 2.43. The first kappa shape index (κ1) is 14.4. The smallest absolute Gasteiger partial charge is 0.0991 e. The van der Waals surface area contributed by atoms with E-state index in [0.717, 1.165) is 31.7 Å². The van der Waals surface area contributed by atoms with Crippen molar-refractivity contribution in [2.75, 3.05) is 26.8 Å². The van der Waals surface area contributed by atoms with E-state index < -0.39 is 0 Å². The van der Waals surface area contributed by atoms with Crippen LogP contribution in [0.5, 0.6) is 0 Å². The highest BCUT2D eigenvalue weighted by molar-refractivity contribution is 5.54. The van der Waals surface area contributed by atoms with Crippen LogP contribution >= 0.6 is 0 Å². The summed E-state index contributed by atoms with van der Waals surface area (Å²) in [5.41, 5.74) is 3.18. The first-order chi connectivity index (χ1) is 8.80. The standard InChI is InChI=1S/C15H20N2O/c1-3-13(12-17-8-9-18-2)10-14-4-6-15(11-16)7-5-14/h4-7,10,17H,3,8-9,12H2,1-2H3. The van der Waals surface area contributed by atoms with Gasteiger partial charge in [-0.1, -0.05) is 30.7 Å². The molecule has 0 atom stereocenters. The fraction of sp³-hybridized carbons (Fsp3) is 0.400. The highest BCUT2D eigenvalue weighted by atomic mass is 16.5. The summed E-state index contributed by atoms with van der Waals surface area (Å²) in [5.74, 6) is 0. The maximum atomic E-state index is 8.74. The highest BCUT2D eigenvalue weighted by Crippen LogP contribution is 2.10. The van der Waals surface area contributed by atoms with E-state index in [2.05, 4.69) is 24.4 Å². The van der Waals surface area contributed by atoms with Crippen molar-refractivity contribution in [3.8, 4) is 6.07 Å². The highest BCUT2D eigenvalue weighted by Gasteiger charge is 1.96. The van der Waals surface area contributed by atoms with Gasteiger partial charge in [-0.15, -0.1) is 0 Å². The molecule has 0 radical (unpaired) electrons. The zero-order valence-corrected chi connectivity index (χ0v) is 11.1. The topological polar surface area (TPSA) is 45.0 Å². The summed E-state index contributed by atoms with van der Waals surface area (Å²) in [6, 6.07) is 9.76. The molecule has 18 heavy (non-hydrogen) atoms. The lowest BCUT2D eigenvalue weighted by Crippen LogP contribution is -2.21. The largest absolute Gasteiger partial charge is 0.383 e. The molecule has 0 heterocycles. The molecule has 0 saturated heterocycles. The number of methoxy groups -OCH3 is 1. The predicted octanol–water partition coefficient (Wildman–Crippen LogP) is 2.59. The van der Waals surface area contributed by atoms with Crippen LogP contribution in [0.1, 0.15) is 24.5 Å². The maximum Gasteiger partial charge on any atom is 0.0991 e. The van der Waals surface area contributed by atoms with Crippen LogP contribution in [0.3, 0.4) is 0 Å². The number of rotatable bonds is 7. The molecular formula is C15H20N2O. The molecule has 3 nitrogen and oxygen atoms in total. The van der Waals surface area contributed by atoms with Gasteiger partial charge in [0, 0.05) is 20.2 Å². The van der Waals surface area contributed by atoms with Gasteiger partial charge in [-0.25, -0.2) is 0 Å². The summed E-state index contributed by atoms with van der Waals surface area (Å²) in [6.45, 7) is 4.61. The van der Waals surface area contributed by atoms with Gasteiger partial charge in [0.1, 0.15) is 0 Å². The van der Waals surface area contributed by atoms with Crippen LogP contribution in [0.25, 0.3) is 6.08 Å². The van der Waals surface area contributed by atoms with E-state index in [9.17, 15) is 0 Å². The van der Waals surface area contributed by atoms with Crippen molar-refractivity contribution in [2.45, 2.75) is 13.3 Å². The van der Waals surface area contributed by atoms with Crippen LogP contribution in [-0.2, 0) is 4.74 Å². The molecule has 0 fully saturated rings. The van der Waals surface area contributed by atoms with Gasteiger partial charge in [0.05, 0.1) is 18.2 Å². The number of benzene rings is 1. The number of ether oxygens (including phenoxy) is 1. The second kappa shape index (κ2) is 8.46. The van der Waals surface area contributed by atoms with E-state index in [1.807, 2.05) is 24.3 Å². The fourth-order valence-electron chi connectivity index (χ4n) is 1.59. The third-order valence-corrected chi connectivity index (χ3v) is 2.70. The summed E-state index contributed by atoms with van der Waals surface area (Å²) in [7, 11) is 1.70. The van der Waals surface area contributed by atoms with Crippen LogP contribution in [0.2, 0.25) is 0 Å². The minimum atomic E-state index is 0.698. The van der Waals surface area contributed by atoms with Crippen LogP contribution in [0.15, 0.2) is 29.8 Å². The minimum Gasteiger partial charge on any atom is -0.383 e. The van der Waals surface area contributed by atoms with Crippen LogP contribution in [-0.4, -0.2) is 26.8 Å². The molecule has 0 aliphatic carbocycles. The average molecular weight is 244 g/mol. The summed E-state index contributed by atoms with van der Waals surface area (Å²) in [4.78, 5) is 0. The molecule has 1 N–H and O–H groups in total. The number of nitrogens with one attached hydrogen (secondary N) is 1. The lowest BCUT2D eigenvalue weighted by molar-refractivity contribution is 0.200. The lowest BCUT2D eigenvalue weighted by atomic mass is 10.1. The molecule has 0 aliphatic rings. The second-order valence-corrected chi connectivity index (χ2v) is 4.06. The summed E-state index contributed by atoms with van der Waals surface area (Å²) in [5, 5.41) is 12.1. The summed E-state index contributed by atoms with van der Waals surface area (Å²) >= 11 is 0. The van der Waals surface area contributed by atoms with Crippen molar-refractivity contribution in [2.24, 2.45) is 0 Å². The Hall–Kier alpha value is -1.63. The van der Waals surface area contributed by atoms with E-state index >= 15 is 0 Å². The van der Waals surface area contributed by atoms with E-state index in [1.165, 1.54) is 5.57 Å². The molecule has 96 valence electrons. The van der Waals surface area contributed by atoms with Crippen molar-refractivity contribution >= 4 is 6.08 Å². The Morgan fingerprint density at radius 2 is 2.11 bits per heavy atom. The normalized spacial score (nSPS) is 11.3. The molecule has 3 heteroatoms. The first-order valence-corrected chi connectivity index (χ1v) is 6.19. The SMILES string of the molecule is CCC(=Cc1ccc(C#N)cc1)CNCCOC. The Balaban J connectivity index is 2.57. The van der Waals surface area contributed by atoms with Gasteiger partial charge in [0.15, 0.2) is 0 Å². The van der Waals surface area contributed by atoms with Gasteiger partial charge < -0.3 is 10.1 Å². The van der Waals surface area contributed by atoms with Crippen molar-refractivity contribution in [1.82, 2.24) is 5.32 Å². The van der Waals surface area contributed by atoms with Gasteiger partial charge in [-0.3, -0.25) is 0 Å². The van der Waals surface area contributed by atoms with Gasteiger partial charge in [-0.05, 0) is 24.1 Å². The zero-order valence-electron chi connectivity index (χ0n) is 11.1. The van der Waals surface area contributed by atoms with Crippen molar-refractivity contribution < 1.29 is 4.74 Å². The number of nitriles is 1. The second-order valence-electron chi connectivity index (χ2n) is 4.06. The Bertz CT molecular complexity index is 415. The van der Waals surface area contributed by atoms with Gasteiger partial charge in [0.25, 0.3) is 0 Å². The van der Waals surface area contributed by atoms with E-state index in [0.29, 0.717) is 5.56 Å².